The Balaban J connectivity index is 1.21. The number of thioether (sulfide) groups is 1. The van der Waals surface area contributed by atoms with Crippen molar-refractivity contribution in [3.05, 3.63) is 80.6 Å². The number of nitrogens with one attached hydrogen (secondary N) is 2. The number of methoxy groups -OCH3 is 2. The minimum absolute atomic E-state index is 0.171. The van der Waals surface area contributed by atoms with Crippen molar-refractivity contribution in [1.29, 1.82) is 0 Å². The lowest BCUT2D eigenvalue weighted by atomic mass is 10.2. The number of rotatable bonds is 18. The van der Waals surface area contributed by atoms with E-state index in [0.717, 1.165) is 9.90 Å². The second kappa shape index (κ2) is 22.5. The number of piperazine rings is 1. The Morgan fingerprint density at radius 1 is 0.803 bits per heavy atom. The van der Waals surface area contributed by atoms with E-state index in [9.17, 15) is 24.0 Å². The second-order valence-electron chi connectivity index (χ2n) is 17.7. The summed E-state index contributed by atoms with van der Waals surface area (Å²) in [6.45, 7) is 17.4. The summed E-state index contributed by atoms with van der Waals surface area (Å²) >= 11 is 2.73. The fourth-order valence-electron chi connectivity index (χ4n) is 8.23. The summed E-state index contributed by atoms with van der Waals surface area (Å²) in [7, 11) is 2.62. The number of carbonyl (C=O) groups is 5. The predicted octanol–water partition coefficient (Wildman–Crippen LogP) is 7.62. The van der Waals surface area contributed by atoms with Crippen molar-refractivity contribution in [2.45, 2.75) is 91.4 Å². The molecule has 0 bridgehead atoms. The molecule has 2 N–H and O–H groups in total. The van der Waals surface area contributed by atoms with E-state index < -0.39 is 23.4 Å². The van der Waals surface area contributed by atoms with Crippen LogP contribution in [-0.2, 0) is 40.3 Å². The topological polar surface area (TPSA) is 219 Å². The first-order valence-electron chi connectivity index (χ1n) is 23.4. The van der Waals surface area contributed by atoms with E-state index in [1.165, 1.54) is 37.3 Å². The third-order valence-corrected chi connectivity index (χ3v) is 13.3. The van der Waals surface area contributed by atoms with Crippen molar-refractivity contribution in [2.75, 3.05) is 70.4 Å². The summed E-state index contributed by atoms with van der Waals surface area (Å²) < 4.78 is 27.5. The number of hydrogen-bond acceptors (Lipinski definition) is 16. The van der Waals surface area contributed by atoms with Crippen LogP contribution in [0.15, 0.2) is 47.4 Å². The van der Waals surface area contributed by atoms with E-state index in [0.29, 0.717) is 107 Å². The number of benzene rings is 2. The second-order valence-corrected chi connectivity index (χ2v) is 19.8. The molecule has 22 heteroatoms. The van der Waals surface area contributed by atoms with E-state index in [4.69, 9.17) is 28.9 Å². The summed E-state index contributed by atoms with van der Waals surface area (Å²) in [5, 5.41) is 11.2. The maximum Gasteiger partial charge on any atom is 0.410 e. The lowest BCUT2D eigenvalue weighted by Gasteiger charge is -2.35. The SMILES string of the molecule is CCc1nc(C)sc1C(=O)Nc1nc2cc(C(=O)OC)cc(SC)c2n1C/C=C/Cn1c(NC(=O)c2cc(C)nn2CC)nc2cc(C(=O)OC)cc(OCCCN3CCN(C(=O)OC(C)(C)C)CC3)c21. The predicted molar refractivity (Wildman–Crippen MR) is 272 cm³/mol. The van der Waals surface area contributed by atoms with Gasteiger partial charge in [0.1, 0.15) is 27.4 Å². The third-order valence-electron chi connectivity index (χ3n) is 11.5. The van der Waals surface area contributed by atoms with Crippen LogP contribution in [0.2, 0.25) is 0 Å². The molecule has 0 spiro atoms. The summed E-state index contributed by atoms with van der Waals surface area (Å²) in [4.78, 5) is 85.7. The molecule has 1 saturated heterocycles. The van der Waals surface area contributed by atoms with Crippen molar-refractivity contribution in [1.82, 2.24) is 43.7 Å². The largest absolute Gasteiger partial charge is 0.491 e. The lowest BCUT2D eigenvalue weighted by molar-refractivity contribution is 0.0141. The number of hydrogen-bond donors (Lipinski definition) is 2. The van der Waals surface area contributed by atoms with Gasteiger partial charge in [0, 0.05) is 57.3 Å². The van der Waals surface area contributed by atoms with Gasteiger partial charge in [0.05, 0.1) is 64.9 Å². The Morgan fingerprint density at radius 2 is 1.41 bits per heavy atom. The van der Waals surface area contributed by atoms with Gasteiger partial charge < -0.3 is 33.0 Å². The number of esters is 2. The number of aryl methyl sites for hydroxylation is 4. The van der Waals surface area contributed by atoms with Gasteiger partial charge >= 0.3 is 18.0 Å². The van der Waals surface area contributed by atoms with E-state index in [-0.39, 0.29) is 49.2 Å². The molecule has 1 aliphatic heterocycles. The zero-order valence-electron chi connectivity index (χ0n) is 41.8. The number of nitrogens with zero attached hydrogens (tertiary/aromatic N) is 9. The average Bonchev–Trinajstić information content (AvgIpc) is 4.12. The molecule has 0 unspecified atom stereocenters. The maximum atomic E-state index is 14.0. The molecule has 6 aromatic rings. The number of fused-ring (bicyclic) bond motifs is 2. The fraction of sp³-hybridized carbons (Fsp3) is 0.449. The molecule has 7 rings (SSSR count). The van der Waals surface area contributed by atoms with Crippen LogP contribution in [0.4, 0.5) is 16.7 Å². The Morgan fingerprint density at radius 3 is 2.00 bits per heavy atom. The van der Waals surface area contributed by atoms with E-state index in [1.54, 1.807) is 44.5 Å². The van der Waals surface area contributed by atoms with Crippen LogP contribution in [0.5, 0.6) is 5.75 Å². The van der Waals surface area contributed by atoms with Gasteiger partial charge in [-0.25, -0.2) is 29.3 Å². The normalized spacial score (nSPS) is 13.3. The smallest absolute Gasteiger partial charge is 0.410 e. The third kappa shape index (κ3) is 12.1. The average molecular weight is 1010 g/mol. The highest BCUT2D eigenvalue weighted by atomic mass is 32.2. The molecular weight excluding hydrogens is 951 g/mol. The van der Waals surface area contributed by atoms with Gasteiger partial charge in [0.25, 0.3) is 11.8 Å². The van der Waals surface area contributed by atoms with E-state index >= 15 is 0 Å². The van der Waals surface area contributed by atoms with Gasteiger partial charge in [0.15, 0.2) is 0 Å². The molecule has 20 nitrogen and oxygen atoms in total. The molecule has 1 aliphatic rings. The number of ether oxygens (including phenoxy) is 4. The van der Waals surface area contributed by atoms with E-state index in [2.05, 4.69) is 25.6 Å². The number of allylic oxidation sites excluding steroid dienone is 2. The van der Waals surface area contributed by atoms with Crippen LogP contribution in [0.3, 0.4) is 0 Å². The van der Waals surface area contributed by atoms with Crippen molar-refractivity contribution < 1.29 is 42.9 Å². The zero-order chi connectivity index (χ0) is 51.1. The van der Waals surface area contributed by atoms with Crippen molar-refractivity contribution in [3.8, 4) is 5.75 Å². The van der Waals surface area contributed by atoms with Crippen molar-refractivity contribution in [3.63, 3.8) is 0 Å². The standard InChI is InChI=1S/C49H61N11O9S2/c1-11-33-41(71-30(4)50-33)43(62)54-47-52-35-26-32(45(64)67-9)28-38(70-10)40(35)59(47)18-14-13-17-58-39-34(51-46(58)53-42(61)36-24-29(3)55-60(36)12-2)25-31(44(63)66-8)27-37(39)68-23-15-16-56-19-21-57(22-20-56)48(65)69-49(5,6)7/h13-14,24-28H,11-12,15-23H2,1-10H3,(H,51,53,61)(H,52,54,62)/b14-13+. The van der Waals surface area contributed by atoms with Crippen LogP contribution in [0.1, 0.15) is 98.3 Å². The number of aromatic nitrogens is 7. The Hall–Kier alpha value is -6.78. The van der Waals surface area contributed by atoms with Crippen LogP contribution in [0, 0.1) is 13.8 Å². The molecule has 4 aromatic heterocycles. The summed E-state index contributed by atoms with van der Waals surface area (Å²) in [5.74, 6) is -1.07. The highest BCUT2D eigenvalue weighted by molar-refractivity contribution is 7.98. The number of thiazole rings is 1. The monoisotopic (exact) mass is 1010 g/mol. The van der Waals surface area contributed by atoms with Gasteiger partial charge in [-0.2, -0.15) is 5.10 Å². The first-order valence-corrected chi connectivity index (χ1v) is 25.4. The number of imidazole rings is 2. The molecule has 0 saturated carbocycles. The summed E-state index contributed by atoms with van der Waals surface area (Å²) in [5.41, 5.74) is 3.76. The lowest BCUT2D eigenvalue weighted by Crippen LogP contribution is -2.50. The van der Waals surface area contributed by atoms with Crippen LogP contribution in [0.25, 0.3) is 22.1 Å². The zero-order valence-corrected chi connectivity index (χ0v) is 43.5. The first kappa shape index (κ1) is 52.1. The molecular formula is C49H61N11O9S2. The molecule has 0 radical (unpaired) electrons. The minimum Gasteiger partial charge on any atom is -0.491 e. The molecule has 2 aromatic carbocycles. The van der Waals surface area contributed by atoms with Crippen LogP contribution in [-0.4, -0.2) is 139 Å². The Kier molecular flexibility index (Phi) is 16.5. The Labute approximate surface area is 420 Å². The molecule has 1 fully saturated rings. The van der Waals surface area contributed by atoms with E-state index in [1.807, 2.05) is 71.4 Å². The van der Waals surface area contributed by atoms with Gasteiger partial charge in [0.2, 0.25) is 11.9 Å². The highest BCUT2D eigenvalue weighted by Crippen LogP contribution is 2.34. The molecule has 5 heterocycles. The number of carbonyl (C=O) groups excluding carboxylic acids is 5. The van der Waals surface area contributed by atoms with Gasteiger partial charge in [-0.3, -0.25) is 29.8 Å². The molecule has 0 aliphatic carbocycles. The fourth-order valence-corrected chi connectivity index (χ4v) is 9.79. The van der Waals surface area contributed by atoms with Crippen LogP contribution < -0.4 is 15.4 Å². The van der Waals surface area contributed by atoms with Gasteiger partial charge in [-0.15, -0.1) is 23.1 Å². The Bertz CT molecular complexity index is 2990. The molecule has 3 amide bonds. The van der Waals surface area contributed by atoms with Crippen LogP contribution >= 0.6 is 23.1 Å². The first-order chi connectivity index (χ1) is 33.9. The van der Waals surface area contributed by atoms with Crippen molar-refractivity contribution in [2.24, 2.45) is 0 Å². The summed E-state index contributed by atoms with van der Waals surface area (Å²) in [6.07, 6.45) is 6.58. The quantitative estimate of drug-likeness (QED) is 0.0278. The van der Waals surface area contributed by atoms with Gasteiger partial charge in [-0.05, 0) is 91.0 Å². The number of anilines is 2. The van der Waals surface area contributed by atoms with Crippen molar-refractivity contribution >= 4 is 86.9 Å². The summed E-state index contributed by atoms with van der Waals surface area (Å²) in [6, 6.07) is 8.30. The molecule has 378 valence electrons. The molecule has 71 heavy (non-hydrogen) atoms. The minimum atomic E-state index is -0.586. The molecule has 0 atom stereocenters. The number of amides is 3. The van der Waals surface area contributed by atoms with Gasteiger partial charge in [-0.1, -0.05) is 19.1 Å². The highest BCUT2D eigenvalue weighted by Gasteiger charge is 2.27. The maximum absolute atomic E-state index is 14.0.